The van der Waals surface area contributed by atoms with Crippen molar-refractivity contribution in [1.82, 2.24) is 9.55 Å². The second-order valence-electron chi connectivity index (χ2n) is 12.5. The molecule has 204 valence electrons. The largest absolute Gasteiger partial charge is 0.327 e. The van der Waals surface area contributed by atoms with E-state index in [4.69, 9.17) is 4.98 Å². The van der Waals surface area contributed by atoms with Crippen LogP contribution in [0.4, 0.5) is 0 Å². The van der Waals surface area contributed by atoms with E-state index in [1.54, 1.807) is 0 Å². The molecule has 1 heterocycles. The zero-order valence-electron chi connectivity index (χ0n) is 24.5. The molecule has 1 aliphatic carbocycles. The van der Waals surface area contributed by atoms with E-state index in [1.807, 2.05) is 6.07 Å². The first-order chi connectivity index (χ1) is 21.0. The maximum absolute atomic E-state index is 5.03. The molecule has 2 nitrogen and oxygen atoms in total. The summed E-state index contributed by atoms with van der Waals surface area (Å²) in [5.41, 5.74) is 11.2. The van der Waals surface area contributed by atoms with E-state index in [0.717, 1.165) is 22.4 Å². The van der Waals surface area contributed by atoms with Crippen LogP contribution in [0, 0.1) is 0 Å². The molecule has 43 heavy (non-hydrogen) atoms. The molecule has 0 saturated heterocycles. The average molecular weight is 551 g/mol. The summed E-state index contributed by atoms with van der Waals surface area (Å²) in [5.74, 6) is 0.990. The maximum Gasteiger partial charge on any atom is 0.140 e. The molecule has 0 fully saturated rings. The van der Waals surface area contributed by atoms with Crippen molar-refractivity contribution in [3.63, 3.8) is 0 Å². The van der Waals surface area contributed by atoms with Gasteiger partial charge in [-0.3, -0.25) is 0 Å². The second-order valence-corrected chi connectivity index (χ2v) is 12.5. The Balaban J connectivity index is 1.22. The Kier molecular flexibility index (Phi) is 4.91. The summed E-state index contributed by atoms with van der Waals surface area (Å²) in [6.45, 7) is 4.79. The minimum Gasteiger partial charge on any atom is -0.327 e. The number of benzene rings is 7. The lowest BCUT2D eigenvalue weighted by atomic mass is 9.79. The summed E-state index contributed by atoms with van der Waals surface area (Å²) in [6, 6.07) is 46.7. The Morgan fingerprint density at radius 3 is 2.00 bits per heavy atom. The number of fused-ring (bicyclic) bond motifs is 10. The molecule has 0 spiro atoms. The molecule has 9 rings (SSSR count). The first-order valence-electron chi connectivity index (χ1n) is 15.0. The van der Waals surface area contributed by atoms with Crippen molar-refractivity contribution in [2.24, 2.45) is 7.05 Å². The van der Waals surface area contributed by atoms with Gasteiger partial charge in [-0.2, -0.15) is 0 Å². The van der Waals surface area contributed by atoms with Gasteiger partial charge >= 0.3 is 0 Å². The lowest BCUT2D eigenvalue weighted by Crippen LogP contribution is -2.15. The predicted molar refractivity (Wildman–Crippen MR) is 182 cm³/mol. The second kappa shape index (κ2) is 8.65. The molecule has 0 aliphatic heterocycles. The Morgan fingerprint density at radius 2 is 1.21 bits per heavy atom. The molecule has 1 aliphatic rings. The van der Waals surface area contributed by atoms with Crippen molar-refractivity contribution >= 4 is 43.4 Å². The third kappa shape index (κ3) is 3.38. The lowest BCUT2D eigenvalue weighted by molar-refractivity contribution is 0.667. The number of imidazole rings is 1. The SMILES string of the molecule is Cn1c(-c2ccccc2)nc2cc(-c3ccc4cc5c(cc4c3)C(C)(C)c3c-5c4ccccc4c4ccccc34)ccc21. The van der Waals surface area contributed by atoms with Crippen LogP contribution >= 0.6 is 0 Å². The van der Waals surface area contributed by atoms with Gasteiger partial charge in [-0.1, -0.05) is 111 Å². The van der Waals surface area contributed by atoms with Crippen LogP contribution in [0.3, 0.4) is 0 Å². The highest BCUT2D eigenvalue weighted by Crippen LogP contribution is 2.55. The smallest absolute Gasteiger partial charge is 0.140 e. The van der Waals surface area contributed by atoms with Gasteiger partial charge in [0.05, 0.1) is 11.0 Å². The highest BCUT2D eigenvalue weighted by atomic mass is 15.1. The Labute approximate surface area is 250 Å². The minimum atomic E-state index is -0.112. The number of nitrogens with zero attached hydrogens (tertiary/aromatic N) is 2. The molecule has 2 heteroatoms. The molecule has 8 aromatic rings. The Bertz CT molecular complexity index is 2430. The van der Waals surface area contributed by atoms with Crippen molar-refractivity contribution in [2.75, 3.05) is 0 Å². The van der Waals surface area contributed by atoms with E-state index < -0.39 is 0 Å². The van der Waals surface area contributed by atoms with Crippen LogP contribution in [0.15, 0.2) is 127 Å². The summed E-state index contributed by atoms with van der Waals surface area (Å²) in [7, 11) is 2.10. The van der Waals surface area contributed by atoms with Gasteiger partial charge in [-0.05, 0) is 96.0 Å². The van der Waals surface area contributed by atoms with Crippen molar-refractivity contribution < 1.29 is 0 Å². The molecular weight excluding hydrogens is 520 g/mol. The predicted octanol–water partition coefficient (Wildman–Crippen LogP) is 10.7. The van der Waals surface area contributed by atoms with Gasteiger partial charge in [0, 0.05) is 18.0 Å². The van der Waals surface area contributed by atoms with Crippen LogP contribution in [0.25, 0.3) is 77.0 Å². The van der Waals surface area contributed by atoms with E-state index in [0.29, 0.717) is 0 Å². The zero-order chi connectivity index (χ0) is 28.9. The molecule has 0 atom stereocenters. The van der Waals surface area contributed by atoms with Crippen molar-refractivity contribution in [3.8, 4) is 33.6 Å². The average Bonchev–Trinajstić information content (AvgIpc) is 3.50. The molecule has 0 N–H and O–H groups in total. The summed E-state index contributed by atoms with van der Waals surface area (Å²) in [6.07, 6.45) is 0. The van der Waals surface area contributed by atoms with Gasteiger partial charge < -0.3 is 4.57 Å². The molecule has 1 aromatic heterocycles. The standard InChI is InChI=1S/C41H30N2/c1-41(2)35-23-29-21-26(28-19-20-37-36(24-28)42-40(43(37)3)25-11-5-4-6-12-25)17-18-27(29)22-34(35)38-32-15-9-7-13-30(32)31-14-8-10-16-33(31)39(38)41/h4-24H,1-3H3. The van der Waals surface area contributed by atoms with E-state index in [1.165, 1.54) is 65.7 Å². The molecule has 0 unspecified atom stereocenters. The van der Waals surface area contributed by atoms with Crippen molar-refractivity contribution in [3.05, 3.63) is 139 Å². The summed E-state index contributed by atoms with van der Waals surface area (Å²) in [5, 5.41) is 7.92. The molecule has 7 aromatic carbocycles. The van der Waals surface area contributed by atoms with Gasteiger partial charge in [0.1, 0.15) is 5.82 Å². The third-order valence-corrected chi connectivity index (χ3v) is 9.72. The lowest BCUT2D eigenvalue weighted by Gasteiger charge is -2.24. The Hall–Kier alpha value is -5.21. The third-order valence-electron chi connectivity index (χ3n) is 9.72. The molecular formula is C41H30N2. The van der Waals surface area contributed by atoms with Crippen LogP contribution in [0.5, 0.6) is 0 Å². The molecule has 0 saturated carbocycles. The molecule has 0 bridgehead atoms. The van der Waals surface area contributed by atoms with Crippen molar-refractivity contribution in [2.45, 2.75) is 19.3 Å². The zero-order valence-corrected chi connectivity index (χ0v) is 24.5. The Morgan fingerprint density at radius 1 is 0.558 bits per heavy atom. The quantitative estimate of drug-likeness (QED) is 0.196. The minimum absolute atomic E-state index is 0.112. The van der Waals surface area contributed by atoms with Gasteiger partial charge in [-0.15, -0.1) is 0 Å². The van der Waals surface area contributed by atoms with Gasteiger partial charge in [0.15, 0.2) is 0 Å². The number of aromatic nitrogens is 2. The van der Waals surface area contributed by atoms with E-state index in [9.17, 15) is 0 Å². The summed E-state index contributed by atoms with van der Waals surface area (Å²) in [4.78, 5) is 5.03. The van der Waals surface area contributed by atoms with Crippen LogP contribution < -0.4 is 0 Å². The van der Waals surface area contributed by atoms with E-state index >= 15 is 0 Å². The number of aryl methyl sites for hydroxylation is 1. The molecule has 0 radical (unpaired) electrons. The van der Waals surface area contributed by atoms with E-state index in [2.05, 4.69) is 147 Å². The van der Waals surface area contributed by atoms with Crippen molar-refractivity contribution in [1.29, 1.82) is 0 Å². The fraction of sp³-hybridized carbons (Fsp3) is 0.0976. The molecule has 0 amide bonds. The van der Waals surface area contributed by atoms with Gasteiger partial charge in [0.2, 0.25) is 0 Å². The first-order valence-corrected chi connectivity index (χ1v) is 15.0. The van der Waals surface area contributed by atoms with Crippen LogP contribution in [-0.4, -0.2) is 9.55 Å². The number of hydrogen-bond acceptors (Lipinski definition) is 1. The number of hydrogen-bond donors (Lipinski definition) is 0. The summed E-state index contributed by atoms with van der Waals surface area (Å²) < 4.78 is 2.19. The maximum atomic E-state index is 5.03. The van der Waals surface area contributed by atoms with Gasteiger partial charge in [-0.25, -0.2) is 4.98 Å². The first kappa shape index (κ1) is 24.4. The highest BCUT2D eigenvalue weighted by Gasteiger charge is 2.38. The summed E-state index contributed by atoms with van der Waals surface area (Å²) >= 11 is 0. The number of rotatable bonds is 2. The monoisotopic (exact) mass is 550 g/mol. The van der Waals surface area contributed by atoms with Gasteiger partial charge in [0.25, 0.3) is 0 Å². The van der Waals surface area contributed by atoms with E-state index in [-0.39, 0.29) is 5.41 Å². The normalized spacial score (nSPS) is 13.7. The van der Waals surface area contributed by atoms with Crippen LogP contribution in [-0.2, 0) is 12.5 Å². The topological polar surface area (TPSA) is 17.8 Å². The fourth-order valence-corrected chi connectivity index (χ4v) is 7.63. The van der Waals surface area contributed by atoms with Crippen LogP contribution in [0.2, 0.25) is 0 Å². The highest BCUT2D eigenvalue weighted by molar-refractivity contribution is 6.19. The fourth-order valence-electron chi connectivity index (χ4n) is 7.63. The van der Waals surface area contributed by atoms with Crippen LogP contribution in [0.1, 0.15) is 25.0 Å².